The number of rotatable bonds is 6. The zero-order valence-electron chi connectivity index (χ0n) is 14.2. The van der Waals surface area contributed by atoms with Crippen LogP contribution in [0.5, 0.6) is 0 Å². The zero-order chi connectivity index (χ0) is 16.9. The lowest BCUT2D eigenvalue weighted by Crippen LogP contribution is -3.16. The number of hydrogen-bond donors (Lipinski definition) is 3. The van der Waals surface area contributed by atoms with E-state index in [0.717, 1.165) is 36.5 Å². The van der Waals surface area contributed by atoms with Gasteiger partial charge in [0.15, 0.2) is 6.29 Å². The van der Waals surface area contributed by atoms with Crippen molar-refractivity contribution in [3.05, 3.63) is 40.2 Å². The van der Waals surface area contributed by atoms with Crippen molar-refractivity contribution in [2.24, 2.45) is 0 Å². The largest absolute Gasteiger partial charge is 0.384 e. The van der Waals surface area contributed by atoms with Crippen LogP contribution in [0, 0.1) is 0 Å². The number of anilines is 1. The minimum atomic E-state index is -0.332. The summed E-state index contributed by atoms with van der Waals surface area (Å²) in [5.41, 5.74) is 1.27. The van der Waals surface area contributed by atoms with Crippen LogP contribution in [-0.2, 0) is 0 Å². The molecule has 0 aliphatic carbocycles. The molecule has 1 fully saturated rings. The van der Waals surface area contributed by atoms with Crippen LogP contribution in [0.2, 0.25) is 0 Å². The van der Waals surface area contributed by atoms with Gasteiger partial charge in [-0.2, -0.15) is 0 Å². The Morgan fingerprint density at radius 3 is 2.96 bits per heavy atom. The summed E-state index contributed by atoms with van der Waals surface area (Å²) in [7, 11) is 0. The SMILES string of the molecule is C[C@H]1CCCC[NH+]1CCCNc1c(C=O)c(=O)[nH]c2ccccc12. The van der Waals surface area contributed by atoms with E-state index in [1.165, 1.54) is 25.8 Å². The van der Waals surface area contributed by atoms with Gasteiger partial charge >= 0.3 is 0 Å². The number of carbonyl (C=O) groups is 1. The molecule has 3 rings (SSSR count). The van der Waals surface area contributed by atoms with Gasteiger partial charge in [-0.15, -0.1) is 0 Å². The Morgan fingerprint density at radius 2 is 2.17 bits per heavy atom. The van der Waals surface area contributed by atoms with Gasteiger partial charge in [-0.05, 0) is 32.3 Å². The van der Waals surface area contributed by atoms with Gasteiger partial charge in [0.25, 0.3) is 5.56 Å². The Kier molecular flexibility index (Phi) is 5.30. The molecule has 5 heteroatoms. The summed E-state index contributed by atoms with van der Waals surface area (Å²) < 4.78 is 0. The first kappa shape index (κ1) is 16.7. The molecule has 0 spiro atoms. The Labute approximate surface area is 142 Å². The Balaban J connectivity index is 1.70. The molecule has 2 aromatic rings. The fourth-order valence-corrected chi connectivity index (χ4v) is 3.71. The van der Waals surface area contributed by atoms with Gasteiger partial charge in [0, 0.05) is 18.4 Å². The molecule has 1 aromatic heterocycles. The number of likely N-dealkylation sites (tertiary alicyclic amines) is 1. The molecule has 0 radical (unpaired) electrons. The lowest BCUT2D eigenvalue weighted by molar-refractivity contribution is -0.928. The van der Waals surface area contributed by atoms with Crippen LogP contribution >= 0.6 is 0 Å². The number of para-hydroxylation sites is 1. The van der Waals surface area contributed by atoms with Crippen molar-refractivity contribution in [1.29, 1.82) is 0 Å². The zero-order valence-corrected chi connectivity index (χ0v) is 14.2. The second kappa shape index (κ2) is 7.62. The number of pyridine rings is 1. The first-order valence-electron chi connectivity index (χ1n) is 8.89. The standard InChI is InChI=1S/C19H25N3O2/c1-14-7-4-5-11-22(14)12-6-10-20-18-15-8-2-3-9-17(15)21-19(24)16(18)13-23/h2-3,8-9,13-14H,4-7,10-12H2,1H3,(H2,20,21,24)/p+1/t14-/m0/s1. The summed E-state index contributed by atoms with van der Waals surface area (Å²) in [6.45, 7) is 5.49. The second-order valence-corrected chi connectivity index (χ2v) is 6.74. The van der Waals surface area contributed by atoms with Crippen LogP contribution in [-0.4, -0.2) is 36.9 Å². The van der Waals surface area contributed by atoms with Crippen molar-refractivity contribution in [2.75, 3.05) is 25.0 Å². The van der Waals surface area contributed by atoms with Gasteiger partial charge < -0.3 is 15.2 Å². The number of nitrogens with one attached hydrogen (secondary N) is 3. The molecule has 1 aromatic carbocycles. The van der Waals surface area contributed by atoms with Crippen LogP contribution < -0.4 is 15.8 Å². The molecule has 2 atom stereocenters. The summed E-state index contributed by atoms with van der Waals surface area (Å²) >= 11 is 0. The summed E-state index contributed by atoms with van der Waals surface area (Å²) in [6.07, 6.45) is 5.66. The average molecular weight is 328 g/mol. The smallest absolute Gasteiger partial charge is 0.261 e. The van der Waals surface area contributed by atoms with Gasteiger partial charge in [-0.1, -0.05) is 18.2 Å². The number of fused-ring (bicyclic) bond motifs is 1. The minimum Gasteiger partial charge on any atom is -0.384 e. The van der Waals surface area contributed by atoms with E-state index in [4.69, 9.17) is 0 Å². The Morgan fingerprint density at radius 1 is 1.33 bits per heavy atom. The molecule has 1 unspecified atom stereocenters. The lowest BCUT2D eigenvalue weighted by atomic mass is 10.0. The van der Waals surface area contributed by atoms with E-state index >= 15 is 0 Å². The summed E-state index contributed by atoms with van der Waals surface area (Å²) in [5.74, 6) is 0. The van der Waals surface area contributed by atoms with Gasteiger partial charge in [-0.25, -0.2) is 0 Å². The number of quaternary nitrogens is 1. The average Bonchev–Trinajstić information content (AvgIpc) is 2.59. The molecule has 5 nitrogen and oxygen atoms in total. The van der Waals surface area contributed by atoms with Crippen LogP contribution in [0.1, 0.15) is 43.0 Å². The molecule has 0 amide bonds. The van der Waals surface area contributed by atoms with Crippen molar-refractivity contribution in [3.63, 3.8) is 0 Å². The molecule has 24 heavy (non-hydrogen) atoms. The summed E-state index contributed by atoms with van der Waals surface area (Å²) in [6, 6.07) is 8.32. The number of aromatic amines is 1. The van der Waals surface area contributed by atoms with Crippen LogP contribution in [0.25, 0.3) is 10.9 Å². The lowest BCUT2D eigenvalue weighted by Gasteiger charge is -2.30. The maximum atomic E-state index is 12.1. The fourth-order valence-electron chi connectivity index (χ4n) is 3.71. The third kappa shape index (κ3) is 3.51. The third-order valence-corrected chi connectivity index (χ3v) is 5.13. The quantitative estimate of drug-likeness (QED) is 0.557. The molecule has 2 heterocycles. The maximum Gasteiger partial charge on any atom is 0.261 e. The number of carbonyl (C=O) groups excluding carboxylic acids is 1. The highest BCUT2D eigenvalue weighted by atomic mass is 16.1. The van der Waals surface area contributed by atoms with Crippen LogP contribution in [0.3, 0.4) is 0 Å². The molecule has 0 saturated carbocycles. The monoisotopic (exact) mass is 328 g/mol. The summed E-state index contributed by atoms with van der Waals surface area (Å²) in [4.78, 5) is 27.9. The number of aldehydes is 1. The predicted octanol–water partition coefficient (Wildman–Crippen LogP) is 1.60. The minimum absolute atomic E-state index is 0.187. The normalized spacial score (nSPS) is 20.9. The first-order chi connectivity index (χ1) is 11.7. The highest BCUT2D eigenvalue weighted by Crippen LogP contribution is 2.22. The van der Waals surface area contributed by atoms with Crippen molar-refractivity contribution in [2.45, 2.75) is 38.6 Å². The Hall–Kier alpha value is -2.14. The predicted molar refractivity (Wildman–Crippen MR) is 97.1 cm³/mol. The second-order valence-electron chi connectivity index (χ2n) is 6.74. The van der Waals surface area contributed by atoms with E-state index in [9.17, 15) is 9.59 Å². The highest BCUT2D eigenvalue weighted by molar-refractivity contribution is 5.99. The van der Waals surface area contributed by atoms with E-state index in [-0.39, 0.29) is 11.1 Å². The number of benzene rings is 1. The number of aromatic nitrogens is 1. The van der Waals surface area contributed by atoms with Crippen molar-refractivity contribution < 1.29 is 9.69 Å². The first-order valence-corrected chi connectivity index (χ1v) is 8.89. The molecule has 0 bridgehead atoms. The van der Waals surface area contributed by atoms with Gasteiger partial charge in [0.05, 0.1) is 30.3 Å². The maximum absolute atomic E-state index is 12.1. The van der Waals surface area contributed by atoms with Crippen molar-refractivity contribution in [3.8, 4) is 0 Å². The number of H-pyrrole nitrogens is 1. The van der Waals surface area contributed by atoms with Gasteiger partial charge in [0.1, 0.15) is 5.56 Å². The van der Waals surface area contributed by atoms with Crippen molar-refractivity contribution in [1.82, 2.24) is 4.98 Å². The number of piperidine rings is 1. The Bertz CT molecular complexity index is 769. The molecule has 128 valence electrons. The molecule has 1 aliphatic heterocycles. The topological polar surface area (TPSA) is 66.4 Å². The van der Waals surface area contributed by atoms with Crippen LogP contribution in [0.15, 0.2) is 29.1 Å². The fraction of sp³-hybridized carbons (Fsp3) is 0.474. The van der Waals surface area contributed by atoms with E-state index < -0.39 is 0 Å². The van der Waals surface area contributed by atoms with Crippen molar-refractivity contribution >= 4 is 22.9 Å². The molecular formula is C19H26N3O2+. The van der Waals surface area contributed by atoms with E-state index in [2.05, 4.69) is 17.2 Å². The highest BCUT2D eigenvalue weighted by Gasteiger charge is 2.21. The molecule has 3 N–H and O–H groups in total. The van der Waals surface area contributed by atoms with E-state index in [1.54, 1.807) is 4.90 Å². The molecular weight excluding hydrogens is 302 g/mol. The van der Waals surface area contributed by atoms with Gasteiger partial charge in [-0.3, -0.25) is 9.59 Å². The summed E-state index contributed by atoms with van der Waals surface area (Å²) in [5, 5.41) is 4.22. The van der Waals surface area contributed by atoms with Gasteiger partial charge in [0.2, 0.25) is 0 Å². The van der Waals surface area contributed by atoms with E-state index in [0.29, 0.717) is 12.0 Å². The van der Waals surface area contributed by atoms with E-state index in [1.807, 2.05) is 24.3 Å². The molecule has 1 aliphatic rings. The number of hydrogen-bond acceptors (Lipinski definition) is 3. The molecule has 1 saturated heterocycles. The third-order valence-electron chi connectivity index (χ3n) is 5.13. The van der Waals surface area contributed by atoms with Crippen LogP contribution in [0.4, 0.5) is 5.69 Å².